The number of nitrogens with one attached hydrogen (secondary N) is 1. The fourth-order valence-electron chi connectivity index (χ4n) is 3.63. The van der Waals surface area contributed by atoms with Crippen molar-refractivity contribution in [3.05, 3.63) is 35.4 Å². The Balaban J connectivity index is 1.57. The van der Waals surface area contributed by atoms with Gasteiger partial charge in [0.2, 0.25) is 0 Å². The van der Waals surface area contributed by atoms with Gasteiger partial charge in [0.15, 0.2) is 0 Å². The minimum absolute atomic E-state index is 0.119. The van der Waals surface area contributed by atoms with Gasteiger partial charge in [-0.15, -0.1) is 0 Å². The monoisotopic (exact) mass is 329 g/mol. The smallest absolute Gasteiger partial charge is 0.317 e. The second-order valence-electron chi connectivity index (χ2n) is 6.58. The van der Waals surface area contributed by atoms with Crippen molar-refractivity contribution in [3.8, 4) is 0 Å². The fourth-order valence-corrected chi connectivity index (χ4v) is 3.63. The quantitative estimate of drug-likeness (QED) is 0.865. The molecule has 1 fully saturated rings. The molecule has 2 aliphatic heterocycles. The predicted molar refractivity (Wildman–Crippen MR) is 89.8 cm³/mol. The zero-order chi connectivity index (χ0) is 17.3. The molecule has 24 heavy (non-hydrogen) atoms. The number of hydrogen-bond acceptors (Lipinski definition) is 3. The van der Waals surface area contributed by atoms with Crippen molar-refractivity contribution in [2.24, 2.45) is 0 Å². The molecule has 6 heteroatoms. The number of carbonyl (C=O) groups excluding carboxylic acids is 3. The normalized spacial score (nSPS) is 23.4. The van der Waals surface area contributed by atoms with E-state index >= 15 is 0 Å². The van der Waals surface area contributed by atoms with Gasteiger partial charge in [0.1, 0.15) is 0 Å². The van der Waals surface area contributed by atoms with E-state index in [0.717, 1.165) is 19.3 Å². The number of benzene rings is 1. The minimum atomic E-state index is -0.287. The van der Waals surface area contributed by atoms with Gasteiger partial charge in [0.25, 0.3) is 11.8 Å². The Morgan fingerprint density at radius 1 is 1.08 bits per heavy atom. The maximum atomic E-state index is 12.4. The van der Waals surface area contributed by atoms with Gasteiger partial charge >= 0.3 is 6.03 Å². The van der Waals surface area contributed by atoms with Gasteiger partial charge in [0, 0.05) is 25.2 Å². The Labute approximate surface area is 141 Å². The molecule has 0 aliphatic carbocycles. The van der Waals surface area contributed by atoms with Crippen LogP contribution >= 0.6 is 0 Å². The van der Waals surface area contributed by atoms with E-state index in [4.69, 9.17) is 0 Å². The molecule has 1 aromatic rings. The van der Waals surface area contributed by atoms with Gasteiger partial charge in [0.05, 0.1) is 11.1 Å². The molecule has 3 rings (SSSR count). The molecular formula is C18H23N3O3. The number of rotatable bonds is 3. The van der Waals surface area contributed by atoms with Gasteiger partial charge in [-0.1, -0.05) is 12.1 Å². The van der Waals surface area contributed by atoms with E-state index in [0.29, 0.717) is 11.1 Å². The highest BCUT2D eigenvalue weighted by Crippen LogP contribution is 2.23. The van der Waals surface area contributed by atoms with E-state index in [9.17, 15) is 14.4 Å². The van der Waals surface area contributed by atoms with E-state index in [1.54, 1.807) is 24.3 Å². The van der Waals surface area contributed by atoms with Crippen LogP contribution in [0, 0.1) is 0 Å². The molecule has 2 heterocycles. The molecule has 1 aromatic carbocycles. The standard InChI is InChI=1S/C18H23N3O3/c1-12-6-5-7-13(2)21(12)18(24)19-10-11-20-16(22)14-8-3-4-9-15(14)17(20)23/h3-4,8-9,12-13H,5-7,10-11H2,1-2H3,(H,19,24). The van der Waals surface area contributed by atoms with Crippen LogP contribution in [-0.2, 0) is 0 Å². The van der Waals surface area contributed by atoms with Crippen LogP contribution in [0.3, 0.4) is 0 Å². The topological polar surface area (TPSA) is 69.7 Å². The Morgan fingerprint density at radius 3 is 2.17 bits per heavy atom. The number of hydrogen-bond donors (Lipinski definition) is 1. The van der Waals surface area contributed by atoms with Gasteiger partial charge in [-0.05, 0) is 45.2 Å². The van der Waals surface area contributed by atoms with E-state index in [1.165, 1.54) is 4.90 Å². The highest BCUT2D eigenvalue weighted by Gasteiger charge is 2.35. The number of piperidine rings is 1. The molecular weight excluding hydrogens is 306 g/mol. The summed E-state index contributed by atoms with van der Waals surface area (Å²) >= 11 is 0. The Bertz CT molecular complexity index is 628. The Kier molecular flexibility index (Phi) is 4.55. The van der Waals surface area contributed by atoms with Crippen molar-refractivity contribution in [2.75, 3.05) is 13.1 Å². The highest BCUT2D eigenvalue weighted by molar-refractivity contribution is 6.21. The maximum Gasteiger partial charge on any atom is 0.317 e. The summed E-state index contributed by atoms with van der Waals surface area (Å²) in [4.78, 5) is 40.0. The van der Waals surface area contributed by atoms with E-state index in [2.05, 4.69) is 19.2 Å². The summed E-state index contributed by atoms with van der Waals surface area (Å²) in [5, 5.41) is 2.85. The SMILES string of the molecule is CC1CCCC(C)N1C(=O)NCCN1C(=O)c2ccccc2C1=O. The molecule has 2 unspecified atom stereocenters. The summed E-state index contributed by atoms with van der Waals surface area (Å²) in [6, 6.07) is 7.12. The van der Waals surface area contributed by atoms with Crippen LogP contribution in [0.5, 0.6) is 0 Å². The van der Waals surface area contributed by atoms with Crippen molar-refractivity contribution in [1.29, 1.82) is 0 Å². The zero-order valence-corrected chi connectivity index (χ0v) is 14.1. The second kappa shape index (κ2) is 6.63. The number of fused-ring (bicyclic) bond motifs is 1. The minimum Gasteiger partial charge on any atom is -0.336 e. The molecule has 6 nitrogen and oxygen atoms in total. The van der Waals surface area contributed by atoms with Gasteiger partial charge in [-0.3, -0.25) is 14.5 Å². The molecule has 1 saturated heterocycles. The van der Waals surface area contributed by atoms with Gasteiger partial charge in [-0.2, -0.15) is 0 Å². The Hall–Kier alpha value is -2.37. The zero-order valence-electron chi connectivity index (χ0n) is 14.1. The summed E-state index contributed by atoms with van der Waals surface area (Å²) in [5.74, 6) is -0.575. The molecule has 0 bridgehead atoms. The molecule has 2 atom stereocenters. The number of urea groups is 1. The molecule has 0 aromatic heterocycles. The molecule has 2 aliphatic rings. The van der Waals surface area contributed by atoms with E-state index < -0.39 is 0 Å². The highest BCUT2D eigenvalue weighted by atomic mass is 16.2. The molecule has 0 radical (unpaired) electrons. The van der Waals surface area contributed by atoms with Crippen molar-refractivity contribution in [1.82, 2.24) is 15.1 Å². The molecule has 0 saturated carbocycles. The second-order valence-corrected chi connectivity index (χ2v) is 6.58. The molecule has 128 valence electrons. The van der Waals surface area contributed by atoms with Crippen molar-refractivity contribution in [2.45, 2.75) is 45.2 Å². The number of likely N-dealkylation sites (tertiary alicyclic amines) is 1. The average Bonchev–Trinajstić information content (AvgIpc) is 2.80. The first-order chi connectivity index (χ1) is 11.5. The average molecular weight is 329 g/mol. The lowest BCUT2D eigenvalue weighted by atomic mass is 9.98. The van der Waals surface area contributed by atoms with Crippen molar-refractivity contribution < 1.29 is 14.4 Å². The third kappa shape index (κ3) is 2.88. The van der Waals surface area contributed by atoms with Crippen LogP contribution in [-0.4, -0.2) is 52.8 Å². The largest absolute Gasteiger partial charge is 0.336 e. The molecule has 4 amide bonds. The third-order valence-corrected chi connectivity index (χ3v) is 4.92. The summed E-state index contributed by atoms with van der Waals surface area (Å²) in [7, 11) is 0. The van der Waals surface area contributed by atoms with E-state index in [-0.39, 0.29) is 43.0 Å². The lowest BCUT2D eigenvalue weighted by molar-refractivity contribution is 0.0652. The van der Waals surface area contributed by atoms with Crippen LogP contribution in [0.4, 0.5) is 4.79 Å². The number of nitrogens with zero attached hydrogens (tertiary/aromatic N) is 2. The number of amides is 4. The summed E-state index contributed by atoms with van der Waals surface area (Å²) in [5.41, 5.74) is 0.874. The first-order valence-corrected chi connectivity index (χ1v) is 8.52. The van der Waals surface area contributed by atoms with Crippen LogP contribution < -0.4 is 5.32 Å². The van der Waals surface area contributed by atoms with E-state index in [1.807, 2.05) is 4.90 Å². The first-order valence-electron chi connectivity index (χ1n) is 8.52. The predicted octanol–water partition coefficient (Wildman–Crippen LogP) is 2.26. The summed E-state index contributed by atoms with van der Waals surface area (Å²) in [6.45, 7) is 4.56. The van der Waals surface area contributed by atoms with Crippen molar-refractivity contribution in [3.63, 3.8) is 0 Å². The van der Waals surface area contributed by atoms with Crippen LogP contribution in [0.1, 0.15) is 53.8 Å². The summed E-state index contributed by atoms with van der Waals surface area (Å²) < 4.78 is 0. The first kappa shape index (κ1) is 16.5. The number of imide groups is 1. The van der Waals surface area contributed by atoms with Crippen LogP contribution in [0.15, 0.2) is 24.3 Å². The Morgan fingerprint density at radius 2 is 1.62 bits per heavy atom. The summed E-state index contributed by atoms with van der Waals surface area (Å²) in [6.07, 6.45) is 3.16. The lowest BCUT2D eigenvalue weighted by Crippen LogP contribution is -2.52. The fraction of sp³-hybridized carbons (Fsp3) is 0.500. The maximum absolute atomic E-state index is 12.4. The number of carbonyl (C=O) groups is 3. The van der Waals surface area contributed by atoms with Gasteiger partial charge < -0.3 is 10.2 Å². The lowest BCUT2D eigenvalue weighted by Gasteiger charge is -2.39. The van der Waals surface area contributed by atoms with Crippen LogP contribution in [0.2, 0.25) is 0 Å². The van der Waals surface area contributed by atoms with Crippen molar-refractivity contribution >= 4 is 17.8 Å². The molecule has 1 N–H and O–H groups in total. The van der Waals surface area contributed by atoms with Crippen LogP contribution in [0.25, 0.3) is 0 Å². The van der Waals surface area contributed by atoms with Gasteiger partial charge in [-0.25, -0.2) is 4.79 Å². The third-order valence-electron chi connectivity index (χ3n) is 4.92. The molecule has 0 spiro atoms.